The summed E-state index contributed by atoms with van der Waals surface area (Å²) in [5.74, 6) is -0.696. The number of aldehydes is 1. The van der Waals surface area contributed by atoms with Gasteiger partial charge >= 0.3 is 0 Å². The van der Waals surface area contributed by atoms with E-state index in [1.165, 1.54) is 11.3 Å². The molecule has 1 amide bonds. The van der Waals surface area contributed by atoms with Gasteiger partial charge in [0.05, 0.1) is 12.6 Å². The monoisotopic (exact) mass is 487 g/mol. The van der Waals surface area contributed by atoms with Crippen LogP contribution in [0, 0.1) is 5.92 Å². The minimum absolute atomic E-state index is 0.00753. The summed E-state index contributed by atoms with van der Waals surface area (Å²) in [6.07, 6.45) is 1.57. The number of rotatable bonds is 11. The first-order chi connectivity index (χ1) is 15.4. The number of amides is 1. The van der Waals surface area contributed by atoms with Gasteiger partial charge in [-0.15, -0.1) is 11.3 Å². The molecule has 1 aromatic heterocycles. The molecule has 0 aliphatic heterocycles. The molecule has 2 aromatic rings. The van der Waals surface area contributed by atoms with E-state index in [1.807, 2.05) is 6.07 Å². The fourth-order valence-electron chi connectivity index (χ4n) is 3.07. The minimum Gasteiger partial charge on any atom is -0.414 e. The fraction of sp³-hybridized carbons (Fsp3) is 0.500. The predicted octanol–water partition coefficient (Wildman–Crippen LogP) is 6.38. The fourth-order valence-corrected chi connectivity index (χ4v) is 5.03. The standard InChI is InChI=1S/C26H37NO4SSi/c1-19(2)13-14-27(25(30)24(29)21-11-9-8-10-12-21)22(23-15-20(16-28)18-32-23)17-31-33(6,7)26(3,4)5/h8-12,15-16,18-19,22H,13-14,17H2,1-7H3/t22-/m1/s1. The smallest absolute Gasteiger partial charge is 0.295 e. The Kier molecular flexibility index (Phi) is 9.35. The van der Waals surface area contributed by atoms with Crippen LogP contribution in [0.25, 0.3) is 0 Å². The van der Waals surface area contributed by atoms with E-state index in [1.54, 1.807) is 40.6 Å². The molecular formula is C26H37NO4SSi. The molecule has 5 nitrogen and oxygen atoms in total. The van der Waals surface area contributed by atoms with E-state index in [2.05, 4.69) is 47.7 Å². The number of thiophene rings is 1. The second kappa shape index (κ2) is 11.4. The molecule has 1 atom stereocenters. The van der Waals surface area contributed by atoms with E-state index < -0.39 is 26.0 Å². The molecule has 0 aliphatic carbocycles. The van der Waals surface area contributed by atoms with Crippen molar-refractivity contribution >= 4 is 37.6 Å². The van der Waals surface area contributed by atoms with Crippen LogP contribution in [0.4, 0.5) is 0 Å². The van der Waals surface area contributed by atoms with E-state index in [9.17, 15) is 14.4 Å². The molecule has 0 spiro atoms. The van der Waals surface area contributed by atoms with Crippen LogP contribution in [0.2, 0.25) is 18.1 Å². The molecule has 1 heterocycles. The maximum absolute atomic E-state index is 13.5. The van der Waals surface area contributed by atoms with Crippen molar-refractivity contribution in [1.29, 1.82) is 0 Å². The lowest BCUT2D eigenvalue weighted by molar-refractivity contribution is -0.129. The third-order valence-corrected chi connectivity index (χ3v) is 11.9. The zero-order chi connectivity index (χ0) is 24.8. The number of nitrogens with zero attached hydrogens (tertiary/aromatic N) is 1. The quantitative estimate of drug-likeness (QED) is 0.160. The highest BCUT2D eigenvalue weighted by atomic mass is 32.1. The van der Waals surface area contributed by atoms with Crippen molar-refractivity contribution in [2.75, 3.05) is 13.2 Å². The zero-order valence-electron chi connectivity index (χ0n) is 20.9. The van der Waals surface area contributed by atoms with Crippen LogP contribution in [0.3, 0.4) is 0 Å². The Bertz CT molecular complexity index is 947. The number of ketones is 1. The molecule has 0 saturated heterocycles. The molecule has 2 rings (SSSR count). The first-order valence-corrected chi connectivity index (χ1v) is 15.2. The first-order valence-electron chi connectivity index (χ1n) is 11.4. The number of hydrogen-bond acceptors (Lipinski definition) is 5. The van der Waals surface area contributed by atoms with Gasteiger partial charge in [-0.05, 0) is 36.5 Å². The first kappa shape index (κ1) is 27.2. The second-order valence-corrected chi connectivity index (χ2v) is 16.1. The van der Waals surface area contributed by atoms with Gasteiger partial charge in [-0.3, -0.25) is 14.4 Å². The Hall–Kier alpha value is -2.09. The maximum Gasteiger partial charge on any atom is 0.295 e. The molecule has 0 radical (unpaired) electrons. The van der Waals surface area contributed by atoms with E-state index in [-0.39, 0.29) is 5.04 Å². The van der Waals surface area contributed by atoms with E-state index in [0.29, 0.717) is 30.2 Å². The molecule has 0 saturated carbocycles. The Labute approximate surface area is 203 Å². The topological polar surface area (TPSA) is 63.7 Å². The third kappa shape index (κ3) is 7.19. The zero-order valence-corrected chi connectivity index (χ0v) is 22.7. The molecule has 33 heavy (non-hydrogen) atoms. The van der Waals surface area contributed by atoms with Gasteiger partial charge in [-0.1, -0.05) is 65.0 Å². The normalized spacial score (nSPS) is 13.1. The predicted molar refractivity (Wildman–Crippen MR) is 138 cm³/mol. The number of Topliss-reactive ketones (excluding diaryl/α,β-unsaturated/α-hetero) is 1. The van der Waals surface area contributed by atoms with E-state index in [0.717, 1.165) is 17.6 Å². The Morgan fingerprint density at radius 1 is 1.15 bits per heavy atom. The summed E-state index contributed by atoms with van der Waals surface area (Å²) in [6, 6.07) is 10.0. The van der Waals surface area contributed by atoms with Crippen molar-refractivity contribution in [3.63, 3.8) is 0 Å². The van der Waals surface area contributed by atoms with Gasteiger partial charge in [0.15, 0.2) is 14.6 Å². The van der Waals surface area contributed by atoms with E-state index >= 15 is 0 Å². The van der Waals surface area contributed by atoms with Gasteiger partial charge in [0, 0.05) is 27.9 Å². The van der Waals surface area contributed by atoms with Gasteiger partial charge in [-0.25, -0.2) is 0 Å². The van der Waals surface area contributed by atoms with Gasteiger partial charge in [0.25, 0.3) is 5.91 Å². The molecular weight excluding hydrogens is 450 g/mol. The van der Waals surface area contributed by atoms with Gasteiger partial charge < -0.3 is 9.33 Å². The summed E-state index contributed by atoms with van der Waals surface area (Å²) in [5.41, 5.74) is 0.943. The highest BCUT2D eigenvalue weighted by Gasteiger charge is 2.39. The number of carbonyl (C=O) groups excluding carboxylic acids is 3. The lowest BCUT2D eigenvalue weighted by Crippen LogP contribution is -2.46. The number of hydrogen-bond donors (Lipinski definition) is 0. The van der Waals surface area contributed by atoms with Crippen LogP contribution in [-0.2, 0) is 9.22 Å². The molecule has 1 aromatic carbocycles. The molecule has 180 valence electrons. The van der Waals surface area contributed by atoms with Crippen LogP contribution < -0.4 is 0 Å². The van der Waals surface area contributed by atoms with Crippen LogP contribution in [-0.4, -0.2) is 44.3 Å². The summed E-state index contributed by atoms with van der Waals surface area (Å²) in [5, 5.41) is 1.79. The van der Waals surface area contributed by atoms with Crippen molar-refractivity contribution < 1.29 is 18.8 Å². The van der Waals surface area contributed by atoms with Crippen molar-refractivity contribution in [1.82, 2.24) is 4.90 Å². The van der Waals surface area contributed by atoms with Crippen molar-refractivity contribution in [3.05, 3.63) is 57.8 Å². The van der Waals surface area contributed by atoms with Crippen molar-refractivity contribution in [3.8, 4) is 0 Å². The highest BCUT2D eigenvalue weighted by molar-refractivity contribution is 7.10. The molecule has 0 fully saturated rings. The van der Waals surface area contributed by atoms with Crippen molar-refractivity contribution in [2.45, 2.75) is 65.2 Å². The Morgan fingerprint density at radius 2 is 1.79 bits per heavy atom. The summed E-state index contributed by atoms with van der Waals surface area (Å²) < 4.78 is 6.53. The molecule has 0 bridgehead atoms. The highest BCUT2D eigenvalue weighted by Crippen LogP contribution is 2.38. The van der Waals surface area contributed by atoms with Crippen LogP contribution in [0.1, 0.15) is 72.7 Å². The van der Waals surface area contributed by atoms with Gasteiger partial charge in [0.1, 0.15) is 0 Å². The number of carbonyl (C=O) groups is 3. The lowest BCUT2D eigenvalue weighted by atomic mass is 10.1. The third-order valence-electron chi connectivity index (χ3n) is 6.33. The lowest BCUT2D eigenvalue weighted by Gasteiger charge is -2.39. The maximum atomic E-state index is 13.5. The summed E-state index contributed by atoms with van der Waals surface area (Å²) in [6.45, 7) is 15.8. The SMILES string of the molecule is CC(C)CCN(C(=O)C(=O)c1ccccc1)[C@H](CO[Si](C)(C)C(C)(C)C)c1cc(C=O)cs1. The number of benzene rings is 1. The molecule has 0 aliphatic rings. The van der Waals surface area contributed by atoms with Gasteiger partial charge in [-0.2, -0.15) is 0 Å². The molecule has 0 unspecified atom stereocenters. The minimum atomic E-state index is -2.11. The summed E-state index contributed by atoms with van der Waals surface area (Å²) >= 11 is 1.43. The van der Waals surface area contributed by atoms with Gasteiger partial charge in [0.2, 0.25) is 5.78 Å². The van der Waals surface area contributed by atoms with E-state index in [4.69, 9.17) is 4.43 Å². The largest absolute Gasteiger partial charge is 0.414 e. The van der Waals surface area contributed by atoms with Crippen molar-refractivity contribution in [2.24, 2.45) is 5.92 Å². The van der Waals surface area contributed by atoms with Crippen LogP contribution >= 0.6 is 11.3 Å². The Morgan fingerprint density at radius 3 is 2.30 bits per heavy atom. The molecule has 0 N–H and O–H groups in total. The summed E-state index contributed by atoms with van der Waals surface area (Å²) in [4.78, 5) is 40.5. The Balaban J connectivity index is 2.45. The molecule has 7 heteroatoms. The summed E-state index contributed by atoms with van der Waals surface area (Å²) in [7, 11) is -2.11. The second-order valence-electron chi connectivity index (χ2n) is 10.4. The van der Waals surface area contributed by atoms with Crippen LogP contribution in [0.15, 0.2) is 41.8 Å². The average Bonchev–Trinajstić information content (AvgIpc) is 3.23. The van der Waals surface area contributed by atoms with Crippen LogP contribution in [0.5, 0.6) is 0 Å². The average molecular weight is 488 g/mol.